The molecule has 1 aromatic rings. The number of ether oxygens (including phenoxy) is 1. The van der Waals surface area contributed by atoms with Crippen molar-refractivity contribution < 1.29 is 4.74 Å². The standard InChI is InChI=1S/C15H25ClN2O/c1-11(2)19-10-9-18(4)15(12(3)17)13-5-7-14(16)8-6-13/h5-8,11-12,15H,9-10,17H2,1-4H3. The van der Waals surface area contributed by atoms with Gasteiger partial charge in [0.1, 0.15) is 0 Å². The van der Waals surface area contributed by atoms with Crippen LogP contribution in [0.4, 0.5) is 0 Å². The van der Waals surface area contributed by atoms with E-state index in [1.54, 1.807) is 0 Å². The average Bonchev–Trinajstić information content (AvgIpc) is 2.31. The number of hydrogen-bond donors (Lipinski definition) is 1. The third kappa shape index (κ3) is 5.49. The first kappa shape index (κ1) is 16.4. The second kappa shape index (κ2) is 7.85. The first-order valence-corrected chi connectivity index (χ1v) is 7.12. The minimum atomic E-state index is 0.0465. The van der Waals surface area contributed by atoms with E-state index in [0.29, 0.717) is 6.61 Å². The van der Waals surface area contributed by atoms with Gasteiger partial charge in [0.05, 0.1) is 12.7 Å². The zero-order valence-electron chi connectivity index (χ0n) is 12.3. The first-order chi connectivity index (χ1) is 8.91. The molecule has 108 valence electrons. The zero-order chi connectivity index (χ0) is 14.4. The molecule has 0 aromatic heterocycles. The van der Waals surface area contributed by atoms with Crippen LogP contribution in [0.2, 0.25) is 5.02 Å². The summed E-state index contributed by atoms with van der Waals surface area (Å²) in [6, 6.07) is 8.11. The molecule has 0 bridgehead atoms. The summed E-state index contributed by atoms with van der Waals surface area (Å²) in [4.78, 5) is 2.23. The number of nitrogens with zero attached hydrogens (tertiary/aromatic N) is 1. The van der Waals surface area contributed by atoms with Crippen LogP contribution in [-0.2, 0) is 4.74 Å². The lowest BCUT2D eigenvalue weighted by Crippen LogP contribution is -2.39. The van der Waals surface area contributed by atoms with E-state index in [1.165, 1.54) is 5.56 Å². The number of hydrogen-bond acceptors (Lipinski definition) is 3. The number of halogens is 1. The zero-order valence-corrected chi connectivity index (χ0v) is 13.0. The number of likely N-dealkylation sites (N-methyl/N-ethyl adjacent to an activating group) is 1. The van der Waals surface area contributed by atoms with Crippen molar-refractivity contribution in [3.63, 3.8) is 0 Å². The molecule has 0 spiro atoms. The molecule has 3 nitrogen and oxygen atoms in total. The van der Waals surface area contributed by atoms with Crippen molar-refractivity contribution in [1.29, 1.82) is 0 Å². The van der Waals surface area contributed by atoms with Crippen LogP contribution in [-0.4, -0.2) is 37.2 Å². The maximum atomic E-state index is 6.12. The lowest BCUT2D eigenvalue weighted by molar-refractivity contribution is 0.0535. The van der Waals surface area contributed by atoms with Crippen molar-refractivity contribution in [2.75, 3.05) is 20.2 Å². The summed E-state index contributed by atoms with van der Waals surface area (Å²) in [7, 11) is 2.08. The molecule has 0 amide bonds. The fourth-order valence-electron chi connectivity index (χ4n) is 2.19. The van der Waals surface area contributed by atoms with Crippen molar-refractivity contribution in [1.82, 2.24) is 4.90 Å². The normalized spacial score (nSPS) is 14.9. The summed E-state index contributed by atoms with van der Waals surface area (Å²) in [5, 5.41) is 0.748. The Morgan fingerprint density at radius 3 is 2.26 bits per heavy atom. The summed E-state index contributed by atoms with van der Waals surface area (Å²) in [6.45, 7) is 7.68. The first-order valence-electron chi connectivity index (χ1n) is 6.74. The topological polar surface area (TPSA) is 38.5 Å². The van der Waals surface area contributed by atoms with Gasteiger partial charge in [0.15, 0.2) is 0 Å². The van der Waals surface area contributed by atoms with Gasteiger partial charge in [0, 0.05) is 23.7 Å². The fraction of sp³-hybridized carbons (Fsp3) is 0.600. The fourth-order valence-corrected chi connectivity index (χ4v) is 2.32. The highest BCUT2D eigenvalue weighted by Crippen LogP contribution is 2.23. The molecule has 1 rings (SSSR count). The number of nitrogens with two attached hydrogens (primary N) is 1. The Labute approximate surface area is 121 Å². The van der Waals surface area contributed by atoms with E-state index in [9.17, 15) is 0 Å². The van der Waals surface area contributed by atoms with Gasteiger partial charge in [0.25, 0.3) is 0 Å². The van der Waals surface area contributed by atoms with Gasteiger partial charge < -0.3 is 10.5 Å². The second-order valence-corrected chi connectivity index (χ2v) is 5.69. The van der Waals surface area contributed by atoms with E-state index in [0.717, 1.165) is 11.6 Å². The Balaban J connectivity index is 2.68. The maximum Gasteiger partial charge on any atom is 0.0597 e. The van der Waals surface area contributed by atoms with Crippen molar-refractivity contribution in [2.45, 2.75) is 39.0 Å². The van der Waals surface area contributed by atoms with Crippen molar-refractivity contribution >= 4 is 11.6 Å². The molecule has 0 saturated heterocycles. The van der Waals surface area contributed by atoms with E-state index in [4.69, 9.17) is 22.1 Å². The molecule has 0 aliphatic rings. The van der Waals surface area contributed by atoms with Gasteiger partial charge in [-0.1, -0.05) is 23.7 Å². The van der Waals surface area contributed by atoms with Crippen molar-refractivity contribution in [2.24, 2.45) is 5.73 Å². The number of benzene rings is 1. The Bertz CT molecular complexity index is 365. The van der Waals surface area contributed by atoms with Gasteiger partial charge in [-0.25, -0.2) is 0 Å². The van der Waals surface area contributed by atoms with Gasteiger partial charge >= 0.3 is 0 Å². The van der Waals surface area contributed by atoms with Crippen LogP contribution in [0.15, 0.2) is 24.3 Å². The smallest absolute Gasteiger partial charge is 0.0597 e. The molecule has 4 heteroatoms. The van der Waals surface area contributed by atoms with Gasteiger partial charge in [-0.3, -0.25) is 4.90 Å². The summed E-state index contributed by atoms with van der Waals surface area (Å²) < 4.78 is 5.59. The van der Waals surface area contributed by atoms with Crippen LogP contribution in [0.5, 0.6) is 0 Å². The molecule has 0 aliphatic carbocycles. The molecule has 0 aliphatic heterocycles. The van der Waals surface area contributed by atoms with Crippen LogP contribution in [0.25, 0.3) is 0 Å². The van der Waals surface area contributed by atoms with E-state index in [2.05, 4.69) is 11.9 Å². The average molecular weight is 285 g/mol. The molecule has 0 saturated carbocycles. The van der Waals surface area contributed by atoms with Crippen LogP contribution in [0.1, 0.15) is 32.4 Å². The van der Waals surface area contributed by atoms with Crippen molar-refractivity contribution in [3.05, 3.63) is 34.9 Å². The summed E-state index contributed by atoms with van der Waals surface area (Å²) in [5.74, 6) is 0. The van der Waals surface area contributed by atoms with Gasteiger partial charge in [-0.2, -0.15) is 0 Å². The molecular formula is C15H25ClN2O. The van der Waals surface area contributed by atoms with E-state index >= 15 is 0 Å². The van der Waals surface area contributed by atoms with E-state index < -0.39 is 0 Å². The largest absolute Gasteiger partial charge is 0.377 e. The third-order valence-corrected chi connectivity index (χ3v) is 3.33. The molecule has 0 fully saturated rings. The predicted molar refractivity (Wildman–Crippen MR) is 81.6 cm³/mol. The third-order valence-electron chi connectivity index (χ3n) is 3.08. The minimum absolute atomic E-state index is 0.0465. The predicted octanol–water partition coefficient (Wildman–Crippen LogP) is 3.09. The molecule has 19 heavy (non-hydrogen) atoms. The molecule has 0 heterocycles. The van der Waals surface area contributed by atoms with Crippen LogP contribution < -0.4 is 5.73 Å². The van der Waals surface area contributed by atoms with Gasteiger partial charge in [-0.05, 0) is 45.5 Å². The quantitative estimate of drug-likeness (QED) is 0.836. The Kier molecular flexibility index (Phi) is 6.80. The highest BCUT2D eigenvalue weighted by Gasteiger charge is 2.20. The monoisotopic (exact) mass is 284 g/mol. The summed E-state index contributed by atoms with van der Waals surface area (Å²) >= 11 is 5.93. The van der Waals surface area contributed by atoms with Crippen molar-refractivity contribution in [3.8, 4) is 0 Å². The van der Waals surface area contributed by atoms with Crippen LogP contribution >= 0.6 is 11.6 Å². The van der Waals surface area contributed by atoms with Gasteiger partial charge in [0.2, 0.25) is 0 Å². The highest BCUT2D eigenvalue weighted by atomic mass is 35.5. The minimum Gasteiger partial charge on any atom is -0.377 e. The molecule has 2 atom stereocenters. The maximum absolute atomic E-state index is 6.12. The Morgan fingerprint density at radius 1 is 1.21 bits per heavy atom. The molecule has 1 aromatic carbocycles. The second-order valence-electron chi connectivity index (χ2n) is 5.26. The molecule has 2 N–H and O–H groups in total. The SMILES string of the molecule is CC(C)OCCN(C)C(c1ccc(Cl)cc1)C(C)N. The molecule has 0 radical (unpaired) electrons. The van der Waals surface area contributed by atoms with E-state index in [1.807, 2.05) is 45.0 Å². The van der Waals surface area contributed by atoms with Crippen LogP contribution in [0.3, 0.4) is 0 Å². The Morgan fingerprint density at radius 2 is 1.79 bits per heavy atom. The highest BCUT2D eigenvalue weighted by molar-refractivity contribution is 6.30. The van der Waals surface area contributed by atoms with Gasteiger partial charge in [-0.15, -0.1) is 0 Å². The van der Waals surface area contributed by atoms with E-state index in [-0.39, 0.29) is 18.2 Å². The molecule has 2 unspecified atom stereocenters. The Hall–Kier alpha value is -0.610. The van der Waals surface area contributed by atoms with Crippen LogP contribution in [0, 0.1) is 0 Å². The summed E-state index contributed by atoms with van der Waals surface area (Å²) in [5.41, 5.74) is 7.31. The lowest BCUT2D eigenvalue weighted by atomic mass is 10.00. The lowest BCUT2D eigenvalue weighted by Gasteiger charge is -2.31. The molecular weight excluding hydrogens is 260 g/mol. The summed E-state index contributed by atoms with van der Waals surface area (Å²) in [6.07, 6.45) is 0.262. The number of rotatable bonds is 7.